The van der Waals surface area contributed by atoms with Crippen molar-refractivity contribution in [2.45, 2.75) is 146 Å². The van der Waals surface area contributed by atoms with Gasteiger partial charge in [-0.3, -0.25) is 9.59 Å². The van der Waals surface area contributed by atoms with Crippen molar-refractivity contribution in [1.29, 1.82) is 0 Å². The minimum absolute atomic E-state index is 0.0809. The van der Waals surface area contributed by atoms with E-state index in [0.29, 0.717) is 78.6 Å². The van der Waals surface area contributed by atoms with E-state index in [2.05, 4.69) is 83.2 Å². The Bertz CT molecular complexity index is 3420. The van der Waals surface area contributed by atoms with Gasteiger partial charge in [-0.2, -0.15) is 16.8 Å². The van der Waals surface area contributed by atoms with E-state index in [1.54, 1.807) is 60.9 Å². The van der Waals surface area contributed by atoms with E-state index in [9.17, 15) is 26.4 Å². The SMILES string of the molecule is CC1(C)CC(CCNc2cccc(S(=O)(=O)NC(=O)c3ccc(-n4ccc(OCCC(C5CC5)C5CC5)n4)nc3Cl)n2)CN1.CC1(C)CCC(CCNc2cccc(S(=O)(=O)NC(=O)c3ccc(-n4ccc(OCCC(C5CC5)C5CC5)n4)nc3Cl)n2)C1. The molecule has 6 aromatic rings. The fraction of sp³-hybridized carbons (Fsp3) is 0.556. The Balaban J connectivity index is 0.000000182. The molecule has 472 valence electrons. The Morgan fingerprint density at radius 3 is 1.42 bits per heavy atom. The van der Waals surface area contributed by atoms with E-state index in [-0.39, 0.29) is 37.0 Å². The van der Waals surface area contributed by atoms with Crippen molar-refractivity contribution in [3.8, 4) is 23.4 Å². The van der Waals surface area contributed by atoms with E-state index in [1.807, 2.05) is 0 Å². The molecular formula is C63H81Cl2N13O8S2. The molecule has 12 rings (SSSR count). The van der Waals surface area contributed by atoms with Crippen LogP contribution in [0.2, 0.25) is 10.3 Å². The number of carbonyl (C=O) groups is 2. The molecule has 7 heterocycles. The molecule has 2 amide bonds. The first-order chi connectivity index (χ1) is 42.1. The summed E-state index contributed by atoms with van der Waals surface area (Å²) in [6, 6.07) is 18.7. The van der Waals surface area contributed by atoms with Gasteiger partial charge in [0.1, 0.15) is 21.9 Å². The topological polar surface area (TPSA) is 268 Å². The molecule has 6 aromatic heterocycles. The third-order valence-corrected chi connectivity index (χ3v) is 21.0. The zero-order valence-corrected chi connectivity index (χ0v) is 53.6. The van der Waals surface area contributed by atoms with E-state index in [0.717, 1.165) is 74.2 Å². The summed E-state index contributed by atoms with van der Waals surface area (Å²) in [7, 11) is -8.51. The van der Waals surface area contributed by atoms with Crippen LogP contribution in [0.3, 0.4) is 0 Å². The molecule has 5 N–H and O–H groups in total. The molecule has 6 fully saturated rings. The largest absolute Gasteiger partial charge is 0.477 e. The highest BCUT2D eigenvalue weighted by Gasteiger charge is 2.42. The van der Waals surface area contributed by atoms with Gasteiger partial charge in [-0.25, -0.2) is 38.7 Å². The quantitative estimate of drug-likeness (QED) is 0.0286. The number of aromatic nitrogens is 8. The van der Waals surface area contributed by atoms with Crippen LogP contribution >= 0.6 is 23.2 Å². The van der Waals surface area contributed by atoms with Crippen molar-refractivity contribution in [3.63, 3.8) is 0 Å². The summed E-state index contributed by atoms with van der Waals surface area (Å²) in [6.07, 6.45) is 22.9. The van der Waals surface area contributed by atoms with E-state index in [4.69, 9.17) is 32.7 Å². The Morgan fingerprint density at radius 1 is 0.591 bits per heavy atom. The van der Waals surface area contributed by atoms with Gasteiger partial charge in [0, 0.05) is 43.2 Å². The average molecular weight is 1280 g/mol. The lowest BCUT2D eigenvalue weighted by atomic mass is 9.90. The number of pyridine rings is 4. The average Bonchev–Trinajstić information content (AvgIpc) is 3.58. The molecule has 0 radical (unpaired) electrons. The van der Waals surface area contributed by atoms with Gasteiger partial charge in [0.15, 0.2) is 21.7 Å². The van der Waals surface area contributed by atoms with Gasteiger partial charge in [-0.05, 0) is 224 Å². The maximum Gasteiger partial charge on any atom is 0.281 e. The number of hydrogen-bond donors (Lipinski definition) is 5. The van der Waals surface area contributed by atoms with Crippen molar-refractivity contribution in [2.24, 2.45) is 52.8 Å². The van der Waals surface area contributed by atoms with Crippen LogP contribution in [-0.4, -0.2) is 107 Å². The minimum atomic E-state index is -4.26. The van der Waals surface area contributed by atoms with Crippen molar-refractivity contribution >= 4 is 66.7 Å². The molecule has 1 aliphatic heterocycles. The molecule has 1 saturated heterocycles. The Kier molecular flexibility index (Phi) is 19.4. The normalized spacial score (nSPS) is 19.7. The second-order valence-corrected chi connectivity index (χ2v) is 30.3. The van der Waals surface area contributed by atoms with Crippen LogP contribution in [0.25, 0.3) is 11.6 Å². The van der Waals surface area contributed by atoms with Crippen molar-refractivity contribution in [1.82, 2.24) is 54.3 Å². The number of anilines is 2. The summed E-state index contributed by atoms with van der Waals surface area (Å²) >= 11 is 12.7. The lowest BCUT2D eigenvalue weighted by molar-refractivity contribution is 0.0972. The first-order valence-electron chi connectivity index (χ1n) is 31.1. The molecule has 5 saturated carbocycles. The summed E-state index contributed by atoms with van der Waals surface area (Å²) < 4.78 is 71.0. The van der Waals surface area contributed by atoms with Crippen LogP contribution in [0.15, 0.2) is 95.2 Å². The number of halogens is 2. The van der Waals surface area contributed by atoms with Crippen LogP contribution in [0.4, 0.5) is 11.6 Å². The van der Waals surface area contributed by atoms with Gasteiger partial charge in [0.25, 0.3) is 31.9 Å². The smallest absolute Gasteiger partial charge is 0.281 e. The highest BCUT2D eigenvalue weighted by molar-refractivity contribution is 7.90. The van der Waals surface area contributed by atoms with Crippen LogP contribution < -0.4 is 34.9 Å². The molecule has 0 aromatic carbocycles. The highest BCUT2D eigenvalue weighted by atomic mass is 35.5. The van der Waals surface area contributed by atoms with Crippen LogP contribution in [0.5, 0.6) is 11.8 Å². The number of nitrogens with zero attached hydrogens (tertiary/aromatic N) is 8. The van der Waals surface area contributed by atoms with Crippen LogP contribution in [0.1, 0.15) is 151 Å². The monoisotopic (exact) mass is 1280 g/mol. The van der Waals surface area contributed by atoms with E-state index < -0.39 is 31.9 Å². The molecule has 2 unspecified atom stereocenters. The Morgan fingerprint density at radius 2 is 1.03 bits per heavy atom. The number of hydrogen-bond acceptors (Lipinski definition) is 17. The van der Waals surface area contributed by atoms with Gasteiger partial charge in [-0.1, -0.05) is 49.2 Å². The Hall–Kier alpha value is -6.40. The Labute approximate surface area is 526 Å². The summed E-state index contributed by atoms with van der Waals surface area (Å²) in [5.41, 5.74) is 0.358. The maximum atomic E-state index is 13.0. The number of nitrogens with one attached hydrogen (secondary N) is 5. The van der Waals surface area contributed by atoms with Gasteiger partial charge >= 0.3 is 0 Å². The summed E-state index contributed by atoms with van der Waals surface area (Å²) in [4.78, 5) is 42.9. The highest BCUT2D eigenvalue weighted by Crippen LogP contribution is 2.52. The molecule has 21 nitrogen and oxygen atoms in total. The lowest BCUT2D eigenvalue weighted by Gasteiger charge is -2.17. The van der Waals surface area contributed by atoms with Crippen molar-refractivity contribution in [3.05, 3.63) is 107 Å². The fourth-order valence-electron chi connectivity index (χ4n) is 12.8. The second kappa shape index (κ2) is 27.0. The fourth-order valence-corrected chi connectivity index (χ4v) is 15.1. The lowest BCUT2D eigenvalue weighted by Crippen LogP contribution is -2.31. The van der Waals surface area contributed by atoms with Gasteiger partial charge in [0.2, 0.25) is 11.8 Å². The minimum Gasteiger partial charge on any atom is -0.477 e. The molecule has 88 heavy (non-hydrogen) atoms. The zero-order chi connectivity index (χ0) is 61.8. The molecule has 0 spiro atoms. The van der Waals surface area contributed by atoms with Gasteiger partial charge in [-0.15, -0.1) is 10.2 Å². The zero-order valence-electron chi connectivity index (χ0n) is 50.5. The predicted molar refractivity (Wildman–Crippen MR) is 336 cm³/mol. The maximum absolute atomic E-state index is 13.0. The standard InChI is InChI=1S/C32H41ClN6O4S.C31H40ClN7O4S/c1-32(2)16-12-21(20-32)13-17-34-26-4-3-5-29(35-26)44(41,42)38-31(40)25-10-11-27(36-30(25)33)39-18-14-28(37-39)43-19-15-24(22-6-7-22)23-8-9-23;1-31(2)18-20(19-34-31)12-15-33-25-4-3-5-28(35-25)44(41,42)38-30(40)24-10-11-26(36-29(24)32)39-16-13-27(37-39)43-17-14-23(21-6-7-21)22-8-9-22/h3-5,10-11,14,18,21-24H,6-9,12-13,15-17,19-20H2,1-2H3,(H,34,35)(H,38,40);3-5,10-11,13,16,20-23,34H,6-9,12,14-15,17-19H2,1-2H3,(H,33,35)(H,38,40). The second-order valence-electron chi connectivity index (χ2n) is 26.3. The van der Waals surface area contributed by atoms with Crippen LogP contribution in [-0.2, 0) is 20.0 Å². The van der Waals surface area contributed by atoms with Crippen molar-refractivity contribution in [2.75, 3.05) is 43.5 Å². The molecule has 0 bridgehead atoms. The third kappa shape index (κ3) is 17.1. The third-order valence-electron chi connectivity index (χ3n) is 18.0. The molecule has 25 heteroatoms. The molecule has 5 aliphatic carbocycles. The summed E-state index contributed by atoms with van der Waals surface area (Å²) in [6.45, 7) is 12.5. The number of carbonyl (C=O) groups excluding carboxylic acids is 2. The summed E-state index contributed by atoms with van der Waals surface area (Å²) in [5.74, 6) is 7.03. The van der Waals surface area contributed by atoms with Crippen molar-refractivity contribution < 1.29 is 35.9 Å². The number of sulfonamides is 2. The van der Waals surface area contributed by atoms with Gasteiger partial charge < -0.3 is 25.4 Å². The van der Waals surface area contributed by atoms with E-state index in [1.165, 1.54) is 104 Å². The summed E-state index contributed by atoms with van der Waals surface area (Å²) in [5, 5.41) is 17.9. The first-order valence-corrected chi connectivity index (χ1v) is 34.9. The molecule has 6 aliphatic rings. The number of amides is 2. The first kappa shape index (κ1) is 63.2. The number of rotatable bonds is 28. The predicted octanol–water partition coefficient (Wildman–Crippen LogP) is 11.1. The van der Waals surface area contributed by atoms with Gasteiger partial charge in [0.05, 0.1) is 24.3 Å². The number of ether oxygens (including phenoxy) is 2. The molecular weight excluding hydrogens is 1200 g/mol. The molecule has 2 atom stereocenters. The van der Waals surface area contributed by atoms with E-state index >= 15 is 0 Å². The van der Waals surface area contributed by atoms with Crippen LogP contribution in [0, 0.1) is 52.8 Å².